The number of benzene rings is 1. The Morgan fingerprint density at radius 2 is 2.17 bits per heavy atom. The molecular weight excluding hydrogens is 302 g/mol. The Kier molecular flexibility index (Phi) is 4.62. The van der Waals surface area contributed by atoms with Crippen LogP contribution in [-0.4, -0.2) is 40.2 Å². The van der Waals surface area contributed by atoms with E-state index in [1.807, 2.05) is 36.5 Å². The van der Waals surface area contributed by atoms with Gasteiger partial charge in [-0.3, -0.25) is 9.48 Å². The molecule has 1 N–H and O–H groups in total. The van der Waals surface area contributed by atoms with Crippen molar-refractivity contribution in [3.63, 3.8) is 0 Å². The van der Waals surface area contributed by atoms with Gasteiger partial charge >= 0.3 is 0 Å². The van der Waals surface area contributed by atoms with Crippen LogP contribution >= 0.6 is 0 Å². The number of rotatable bonds is 4. The molecular formula is C18H19N5O. The van der Waals surface area contributed by atoms with E-state index >= 15 is 0 Å². The van der Waals surface area contributed by atoms with E-state index in [2.05, 4.69) is 22.6 Å². The summed E-state index contributed by atoms with van der Waals surface area (Å²) in [6.45, 7) is 1.59. The van der Waals surface area contributed by atoms with Crippen LogP contribution in [0.1, 0.15) is 17.5 Å². The number of hydrogen-bond acceptors (Lipinski definition) is 4. The van der Waals surface area contributed by atoms with Gasteiger partial charge in [0.2, 0.25) is 5.91 Å². The molecule has 2 aromatic rings. The van der Waals surface area contributed by atoms with Crippen molar-refractivity contribution < 1.29 is 4.79 Å². The average Bonchev–Trinajstić information content (AvgIpc) is 3.06. The summed E-state index contributed by atoms with van der Waals surface area (Å²) in [4.78, 5) is 14.3. The summed E-state index contributed by atoms with van der Waals surface area (Å²) in [5.41, 5.74) is 3.65. The molecule has 2 heterocycles. The molecule has 0 fully saturated rings. The van der Waals surface area contributed by atoms with Crippen molar-refractivity contribution in [2.45, 2.75) is 6.42 Å². The Morgan fingerprint density at radius 1 is 1.38 bits per heavy atom. The van der Waals surface area contributed by atoms with Gasteiger partial charge in [0.05, 0.1) is 24.4 Å². The van der Waals surface area contributed by atoms with E-state index < -0.39 is 0 Å². The third kappa shape index (κ3) is 3.63. The molecule has 1 aromatic carbocycles. The van der Waals surface area contributed by atoms with E-state index in [1.54, 1.807) is 16.8 Å². The monoisotopic (exact) mass is 321 g/mol. The summed E-state index contributed by atoms with van der Waals surface area (Å²) >= 11 is 0. The predicted molar refractivity (Wildman–Crippen MR) is 92.0 cm³/mol. The number of amides is 1. The molecule has 1 amide bonds. The standard InChI is InChI=1S/C18H19N5O/c1-22-12-16(10-21-22)15-3-2-8-23(13-15)18(24)11-20-17-6-4-14(9-19)5-7-17/h3-7,10,12,20H,2,8,11,13H2,1H3. The number of aromatic nitrogens is 2. The highest BCUT2D eigenvalue weighted by molar-refractivity contribution is 5.83. The molecule has 6 nitrogen and oxygen atoms in total. The molecule has 1 aromatic heterocycles. The van der Waals surface area contributed by atoms with Crippen LogP contribution in [0.4, 0.5) is 5.69 Å². The maximum absolute atomic E-state index is 12.4. The molecule has 0 atom stereocenters. The van der Waals surface area contributed by atoms with Gasteiger partial charge in [-0.1, -0.05) is 6.08 Å². The van der Waals surface area contributed by atoms with Crippen molar-refractivity contribution in [2.24, 2.45) is 7.05 Å². The molecule has 0 radical (unpaired) electrons. The number of nitrogens with one attached hydrogen (secondary N) is 1. The SMILES string of the molecule is Cn1cc(C2=CCCN(C(=O)CNc3ccc(C#N)cc3)C2)cn1. The first-order chi connectivity index (χ1) is 11.7. The second-order valence-corrected chi connectivity index (χ2v) is 5.78. The van der Waals surface area contributed by atoms with E-state index in [4.69, 9.17) is 5.26 Å². The zero-order valence-corrected chi connectivity index (χ0v) is 13.6. The van der Waals surface area contributed by atoms with Crippen LogP contribution in [0, 0.1) is 11.3 Å². The van der Waals surface area contributed by atoms with E-state index in [-0.39, 0.29) is 12.5 Å². The first kappa shape index (κ1) is 15.8. The van der Waals surface area contributed by atoms with Crippen LogP contribution in [0.5, 0.6) is 0 Å². The molecule has 122 valence electrons. The number of nitrogens with zero attached hydrogens (tertiary/aromatic N) is 4. The molecule has 3 rings (SSSR count). The lowest BCUT2D eigenvalue weighted by atomic mass is 10.0. The van der Waals surface area contributed by atoms with Gasteiger partial charge in [-0.2, -0.15) is 10.4 Å². The second-order valence-electron chi connectivity index (χ2n) is 5.78. The normalized spacial score (nSPS) is 14.0. The molecule has 0 unspecified atom stereocenters. The van der Waals surface area contributed by atoms with Gasteiger partial charge in [0.15, 0.2) is 0 Å². The minimum absolute atomic E-state index is 0.0638. The average molecular weight is 321 g/mol. The fourth-order valence-electron chi connectivity index (χ4n) is 2.71. The zero-order chi connectivity index (χ0) is 16.9. The Hall–Kier alpha value is -3.07. The van der Waals surface area contributed by atoms with Crippen molar-refractivity contribution in [3.8, 4) is 6.07 Å². The van der Waals surface area contributed by atoms with E-state index in [0.29, 0.717) is 12.1 Å². The van der Waals surface area contributed by atoms with Crippen molar-refractivity contribution in [3.05, 3.63) is 53.9 Å². The van der Waals surface area contributed by atoms with Crippen molar-refractivity contribution in [1.82, 2.24) is 14.7 Å². The van der Waals surface area contributed by atoms with E-state index in [0.717, 1.165) is 29.8 Å². The zero-order valence-electron chi connectivity index (χ0n) is 13.6. The van der Waals surface area contributed by atoms with Gasteiger partial charge in [0.1, 0.15) is 0 Å². The topological polar surface area (TPSA) is 74.0 Å². The van der Waals surface area contributed by atoms with Gasteiger partial charge in [-0.25, -0.2) is 0 Å². The quantitative estimate of drug-likeness (QED) is 0.935. The molecule has 1 aliphatic rings. The number of hydrogen-bond donors (Lipinski definition) is 1. The fourth-order valence-corrected chi connectivity index (χ4v) is 2.71. The van der Waals surface area contributed by atoms with Crippen LogP contribution in [0.2, 0.25) is 0 Å². The van der Waals surface area contributed by atoms with Gasteiger partial charge in [0, 0.05) is 37.6 Å². The lowest BCUT2D eigenvalue weighted by molar-refractivity contribution is -0.128. The smallest absolute Gasteiger partial charge is 0.242 e. The molecule has 6 heteroatoms. The Bertz CT molecular complexity index is 798. The van der Waals surface area contributed by atoms with Crippen molar-refractivity contribution >= 4 is 17.2 Å². The maximum Gasteiger partial charge on any atom is 0.242 e. The summed E-state index contributed by atoms with van der Waals surface area (Å²) in [6, 6.07) is 9.16. The van der Waals surface area contributed by atoms with Gasteiger partial charge in [0.25, 0.3) is 0 Å². The van der Waals surface area contributed by atoms with Crippen LogP contribution in [0.25, 0.3) is 5.57 Å². The summed E-state index contributed by atoms with van der Waals surface area (Å²) in [6.07, 6.45) is 6.82. The fraction of sp³-hybridized carbons (Fsp3) is 0.278. The molecule has 0 saturated heterocycles. The minimum atomic E-state index is 0.0638. The van der Waals surface area contributed by atoms with Crippen molar-refractivity contribution in [1.29, 1.82) is 5.26 Å². The number of nitriles is 1. The second kappa shape index (κ2) is 7.01. The number of carbonyl (C=O) groups excluding carboxylic acids is 1. The summed E-state index contributed by atoms with van der Waals surface area (Å²) < 4.78 is 1.77. The van der Waals surface area contributed by atoms with Crippen LogP contribution < -0.4 is 5.32 Å². The minimum Gasteiger partial charge on any atom is -0.376 e. The van der Waals surface area contributed by atoms with Crippen LogP contribution in [-0.2, 0) is 11.8 Å². The lowest BCUT2D eigenvalue weighted by Crippen LogP contribution is -2.39. The number of carbonyl (C=O) groups is 1. The molecule has 0 aliphatic carbocycles. The molecule has 0 spiro atoms. The maximum atomic E-state index is 12.4. The molecule has 0 saturated carbocycles. The molecule has 24 heavy (non-hydrogen) atoms. The largest absolute Gasteiger partial charge is 0.376 e. The summed E-state index contributed by atoms with van der Waals surface area (Å²) in [7, 11) is 1.89. The van der Waals surface area contributed by atoms with Crippen LogP contribution in [0.15, 0.2) is 42.7 Å². The van der Waals surface area contributed by atoms with Crippen molar-refractivity contribution in [2.75, 3.05) is 25.0 Å². The van der Waals surface area contributed by atoms with Gasteiger partial charge in [-0.15, -0.1) is 0 Å². The summed E-state index contributed by atoms with van der Waals surface area (Å²) in [5.74, 6) is 0.0638. The Labute approximate surface area is 141 Å². The number of aryl methyl sites for hydroxylation is 1. The first-order valence-corrected chi connectivity index (χ1v) is 7.85. The van der Waals surface area contributed by atoms with Gasteiger partial charge in [-0.05, 0) is 36.3 Å². The number of anilines is 1. The highest BCUT2D eigenvalue weighted by Gasteiger charge is 2.19. The third-order valence-electron chi connectivity index (χ3n) is 4.04. The third-order valence-corrected chi connectivity index (χ3v) is 4.04. The van der Waals surface area contributed by atoms with E-state index in [1.165, 1.54) is 0 Å². The van der Waals surface area contributed by atoms with Crippen LogP contribution in [0.3, 0.4) is 0 Å². The van der Waals surface area contributed by atoms with Gasteiger partial charge < -0.3 is 10.2 Å². The van der Waals surface area contributed by atoms with E-state index in [9.17, 15) is 4.79 Å². The highest BCUT2D eigenvalue weighted by atomic mass is 16.2. The Balaban J connectivity index is 1.57. The Morgan fingerprint density at radius 3 is 2.83 bits per heavy atom. The predicted octanol–water partition coefficient (Wildman–Crippen LogP) is 2.02. The lowest BCUT2D eigenvalue weighted by Gasteiger charge is -2.27. The first-order valence-electron chi connectivity index (χ1n) is 7.85. The highest BCUT2D eigenvalue weighted by Crippen LogP contribution is 2.20. The summed E-state index contributed by atoms with van der Waals surface area (Å²) in [5, 5.41) is 16.1. The molecule has 1 aliphatic heterocycles. The molecule has 0 bridgehead atoms.